The number of amides is 3. The average Bonchev–Trinajstić information content (AvgIpc) is 3.22. The van der Waals surface area contributed by atoms with Gasteiger partial charge < -0.3 is 10.1 Å². The standard InChI is InChI=1S/C23H21N3O4S2/c1-30-13-7-12-25-22(29)20(32-23(25)31)19-16-10-5-6-11-17(16)26(21(19)28)14-18(27)24-15-8-3-2-4-9-15/h2-6,8-11H,7,12-14H2,1H3,(H,24,27)/b20-19+. The average molecular weight is 468 g/mol. The molecular formula is C23H21N3O4S2. The summed E-state index contributed by atoms with van der Waals surface area (Å²) in [6.45, 7) is 0.770. The van der Waals surface area contributed by atoms with Crippen molar-refractivity contribution in [1.29, 1.82) is 0 Å². The molecular weight excluding hydrogens is 446 g/mol. The number of rotatable bonds is 7. The first-order valence-electron chi connectivity index (χ1n) is 10.0. The van der Waals surface area contributed by atoms with Crippen LogP contribution in [0.4, 0.5) is 11.4 Å². The lowest BCUT2D eigenvalue weighted by molar-refractivity contribution is -0.122. The first-order chi connectivity index (χ1) is 15.5. The Morgan fingerprint density at radius 3 is 2.50 bits per heavy atom. The van der Waals surface area contributed by atoms with Gasteiger partial charge in [-0.05, 0) is 24.6 Å². The van der Waals surface area contributed by atoms with E-state index in [0.717, 1.165) is 11.8 Å². The van der Waals surface area contributed by atoms with Gasteiger partial charge in [0.25, 0.3) is 11.8 Å². The van der Waals surface area contributed by atoms with E-state index in [0.29, 0.717) is 51.3 Å². The number of methoxy groups -OCH3 is 1. The van der Waals surface area contributed by atoms with E-state index in [1.165, 1.54) is 9.80 Å². The second-order valence-corrected chi connectivity index (χ2v) is 8.84. The lowest BCUT2D eigenvalue weighted by Gasteiger charge is -2.16. The molecule has 0 bridgehead atoms. The topological polar surface area (TPSA) is 79.0 Å². The molecule has 164 valence electrons. The van der Waals surface area contributed by atoms with Crippen molar-refractivity contribution < 1.29 is 19.1 Å². The number of nitrogens with one attached hydrogen (secondary N) is 1. The number of fused-ring (bicyclic) bond motifs is 1. The van der Waals surface area contributed by atoms with Gasteiger partial charge in [-0.15, -0.1) is 0 Å². The van der Waals surface area contributed by atoms with Gasteiger partial charge in [0, 0.05) is 31.5 Å². The van der Waals surface area contributed by atoms with Gasteiger partial charge in [-0.1, -0.05) is 60.4 Å². The zero-order chi connectivity index (χ0) is 22.7. The summed E-state index contributed by atoms with van der Waals surface area (Å²) in [5.41, 5.74) is 2.16. The molecule has 4 rings (SSSR count). The Balaban J connectivity index is 1.61. The minimum absolute atomic E-state index is 0.164. The van der Waals surface area contributed by atoms with Gasteiger partial charge in [0.15, 0.2) is 0 Å². The van der Waals surface area contributed by atoms with E-state index in [-0.39, 0.29) is 24.3 Å². The summed E-state index contributed by atoms with van der Waals surface area (Å²) in [6.07, 6.45) is 0.641. The Hall–Kier alpha value is -3.01. The van der Waals surface area contributed by atoms with Crippen molar-refractivity contribution in [2.75, 3.05) is 37.0 Å². The first kappa shape index (κ1) is 22.2. The molecule has 0 saturated carbocycles. The smallest absolute Gasteiger partial charge is 0.267 e. The number of thiocarbonyl (C=S) groups is 1. The highest BCUT2D eigenvalue weighted by molar-refractivity contribution is 8.26. The molecule has 0 radical (unpaired) electrons. The summed E-state index contributed by atoms with van der Waals surface area (Å²) in [7, 11) is 1.60. The van der Waals surface area contributed by atoms with Crippen molar-refractivity contribution in [2.45, 2.75) is 6.42 Å². The van der Waals surface area contributed by atoms with Gasteiger partial charge in [-0.3, -0.25) is 24.2 Å². The predicted molar refractivity (Wildman–Crippen MR) is 129 cm³/mol. The van der Waals surface area contributed by atoms with Crippen molar-refractivity contribution in [1.82, 2.24) is 4.90 Å². The minimum atomic E-state index is -0.383. The molecule has 7 nitrogen and oxygen atoms in total. The van der Waals surface area contributed by atoms with E-state index in [9.17, 15) is 14.4 Å². The zero-order valence-electron chi connectivity index (χ0n) is 17.4. The van der Waals surface area contributed by atoms with Crippen LogP contribution in [0.15, 0.2) is 59.5 Å². The first-order valence-corrected chi connectivity index (χ1v) is 11.3. The summed E-state index contributed by atoms with van der Waals surface area (Å²) in [4.78, 5) is 42.3. The molecule has 0 aromatic heterocycles. The fourth-order valence-electron chi connectivity index (χ4n) is 3.63. The fourth-order valence-corrected chi connectivity index (χ4v) is 5.01. The number of benzene rings is 2. The summed E-state index contributed by atoms with van der Waals surface area (Å²) >= 11 is 6.52. The van der Waals surface area contributed by atoms with Crippen LogP contribution >= 0.6 is 24.0 Å². The van der Waals surface area contributed by atoms with Crippen molar-refractivity contribution >= 4 is 63.0 Å². The van der Waals surface area contributed by atoms with E-state index in [1.807, 2.05) is 18.2 Å². The maximum atomic E-state index is 13.4. The fraction of sp³-hybridized carbons (Fsp3) is 0.217. The molecule has 9 heteroatoms. The van der Waals surface area contributed by atoms with Gasteiger partial charge in [0.05, 0.1) is 16.2 Å². The largest absolute Gasteiger partial charge is 0.385 e. The second kappa shape index (κ2) is 9.64. The molecule has 2 aliphatic heterocycles. The Morgan fingerprint density at radius 1 is 1.03 bits per heavy atom. The molecule has 1 saturated heterocycles. The molecule has 2 heterocycles. The van der Waals surface area contributed by atoms with Crippen LogP contribution in [0.3, 0.4) is 0 Å². The van der Waals surface area contributed by atoms with E-state index < -0.39 is 0 Å². The van der Waals surface area contributed by atoms with Crippen LogP contribution in [0.2, 0.25) is 0 Å². The number of anilines is 2. The molecule has 3 amide bonds. The van der Waals surface area contributed by atoms with Crippen LogP contribution in [0, 0.1) is 0 Å². The Kier molecular flexibility index (Phi) is 6.69. The number of nitrogens with zero attached hydrogens (tertiary/aromatic N) is 2. The van der Waals surface area contributed by atoms with Crippen molar-refractivity contribution in [3.63, 3.8) is 0 Å². The number of para-hydroxylation sites is 2. The third-order valence-corrected chi connectivity index (χ3v) is 6.54. The van der Waals surface area contributed by atoms with Crippen LogP contribution in [0.1, 0.15) is 12.0 Å². The summed E-state index contributed by atoms with van der Waals surface area (Å²) in [5.74, 6) is -0.996. The molecule has 0 atom stereocenters. The molecule has 1 N–H and O–H groups in total. The number of hydrogen-bond acceptors (Lipinski definition) is 6. The molecule has 2 aromatic carbocycles. The normalized spacial score (nSPS) is 17.8. The predicted octanol–water partition coefficient (Wildman–Crippen LogP) is 3.28. The van der Waals surface area contributed by atoms with Crippen LogP contribution in [-0.2, 0) is 19.1 Å². The lowest BCUT2D eigenvalue weighted by atomic mass is 10.1. The van der Waals surface area contributed by atoms with Crippen LogP contribution in [0.5, 0.6) is 0 Å². The molecule has 0 spiro atoms. The third-order valence-electron chi connectivity index (χ3n) is 5.09. The highest BCUT2D eigenvalue weighted by Gasteiger charge is 2.42. The van der Waals surface area contributed by atoms with E-state index in [2.05, 4.69) is 5.32 Å². The third kappa shape index (κ3) is 4.32. The number of hydrogen-bond donors (Lipinski definition) is 1. The van der Waals surface area contributed by atoms with Crippen LogP contribution in [0.25, 0.3) is 5.57 Å². The Bertz CT molecular complexity index is 1120. The molecule has 1 fully saturated rings. The summed E-state index contributed by atoms with van der Waals surface area (Å²) in [6, 6.07) is 16.2. The molecule has 0 unspecified atom stereocenters. The van der Waals surface area contributed by atoms with Crippen LogP contribution in [-0.4, -0.2) is 53.7 Å². The van der Waals surface area contributed by atoms with Gasteiger partial charge in [-0.25, -0.2) is 0 Å². The van der Waals surface area contributed by atoms with Gasteiger partial charge in [0.2, 0.25) is 5.91 Å². The highest BCUT2D eigenvalue weighted by atomic mass is 32.2. The molecule has 2 aliphatic rings. The van der Waals surface area contributed by atoms with Gasteiger partial charge in [-0.2, -0.15) is 0 Å². The minimum Gasteiger partial charge on any atom is -0.385 e. The Morgan fingerprint density at radius 2 is 1.75 bits per heavy atom. The highest BCUT2D eigenvalue weighted by Crippen LogP contribution is 2.44. The van der Waals surface area contributed by atoms with Crippen molar-refractivity contribution in [3.8, 4) is 0 Å². The van der Waals surface area contributed by atoms with Gasteiger partial charge >= 0.3 is 0 Å². The molecule has 0 aliphatic carbocycles. The Labute approximate surface area is 195 Å². The summed E-state index contributed by atoms with van der Waals surface area (Å²) in [5, 5.41) is 2.79. The number of ether oxygens (including phenoxy) is 1. The van der Waals surface area contributed by atoms with E-state index in [4.69, 9.17) is 17.0 Å². The lowest BCUT2D eigenvalue weighted by Crippen LogP contribution is -2.35. The molecule has 32 heavy (non-hydrogen) atoms. The van der Waals surface area contributed by atoms with E-state index in [1.54, 1.807) is 43.5 Å². The maximum absolute atomic E-state index is 13.4. The maximum Gasteiger partial charge on any atom is 0.267 e. The second-order valence-electron chi connectivity index (χ2n) is 7.20. The van der Waals surface area contributed by atoms with E-state index >= 15 is 0 Å². The monoisotopic (exact) mass is 467 g/mol. The number of thioether (sulfide) groups is 1. The van der Waals surface area contributed by atoms with Crippen molar-refractivity contribution in [3.05, 3.63) is 65.1 Å². The zero-order valence-corrected chi connectivity index (χ0v) is 19.0. The van der Waals surface area contributed by atoms with Crippen molar-refractivity contribution in [2.24, 2.45) is 0 Å². The number of carbonyl (C=O) groups is 3. The summed E-state index contributed by atoms with van der Waals surface area (Å²) < 4.78 is 5.47. The SMILES string of the molecule is COCCCN1C(=O)/C(=C2\C(=O)N(CC(=O)Nc3ccccc3)c3ccccc32)SC1=S. The number of carbonyl (C=O) groups excluding carboxylic acids is 3. The quantitative estimate of drug-likeness (QED) is 0.383. The molecule has 2 aromatic rings. The van der Waals surface area contributed by atoms with Crippen LogP contribution < -0.4 is 10.2 Å². The van der Waals surface area contributed by atoms with Gasteiger partial charge in [0.1, 0.15) is 10.9 Å².